The van der Waals surface area contributed by atoms with Gasteiger partial charge in [0.15, 0.2) is 0 Å². The van der Waals surface area contributed by atoms with E-state index in [4.69, 9.17) is 4.74 Å². The Bertz CT molecular complexity index is 550. The van der Waals surface area contributed by atoms with Crippen LogP contribution in [-0.2, 0) is 6.42 Å². The summed E-state index contributed by atoms with van der Waals surface area (Å²) in [4.78, 5) is 11.0. The Kier molecular flexibility index (Phi) is 3.72. The molecule has 18 heavy (non-hydrogen) atoms. The fraction of sp³-hybridized carbons (Fsp3) is 0.133. The molecule has 92 valence electrons. The van der Waals surface area contributed by atoms with Crippen LogP contribution in [0.15, 0.2) is 48.5 Å². The number of benzene rings is 2. The van der Waals surface area contributed by atoms with Crippen molar-refractivity contribution in [2.75, 3.05) is 7.11 Å². The highest BCUT2D eigenvalue weighted by atomic mass is 19.1. The summed E-state index contributed by atoms with van der Waals surface area (Å²) in [6.45, 7) is 0. The van der Waals surface area contributed by atoms with Gasteiger partial charge < -0.3 is 4.74 Å². The van der Waals surface area contributed by atoms with Gasteiger partial charge in [-0.25, -0.2) is 0 Å². The van der Waals surface area contributed by atoms with Gasteiger partial charge in [0.05, 0.1) is 12.7 Å². The van der Waals surface area contributed by atoms with E-state index in [2.05, 4.69) is 0 Å². The molecular weight excluding hydrogens is 231 g/mol. The van der Waals surface area contributed by atoms with Crippen molar-refractivity contribution in [3.05, 3.63) is 65.2 Å². The highest BCUT2D eigenvalue weighted by Gasteiger charge is 2.12. The van der Waals surface area contributed by atoms with E-state index < -0.39 is 6.04 Å². The van der Waals surface area contributed by atoms with Crippen molar-refractivity contribution in [2.45, 2.75) is 6.42 Å². The van der Waals surface area contributed by atoms with E-state index >= 15 is 0 Å². The molecule has 0 unspecified atom stereocenters. The van der Waals surface area contributed by atoms with Gasteiger partial charge in [-0.2, -0.15) is 4.39 Å². The molecule has 3 heteroatoms. The number of carbonyl (C=O) groups is 1. The van der Waals surface area contributed by atoms with Crippen LogP contribution in [0.3, 0.4) is 0 Å². The summed E-state index contributed by atoms with van der Waals surface area (Å²) in [6.07, 6.45) is 0.524. The third-order valence-electron chi connectivity index (χ3n) is 2.77. The molecule has 2 aromatic rings. The number of carbonyl (C=O) groups excluding carboxylic acids is 1. The van der Waals surface area contributed by atoms with Crippen LogP contribution in [0.2, 0.25) is 0 Å². The van der Waals surface area contributed by atoms with Gasteiger partial charge in [-0.1, -0.05) is 36.4 Å². The molecule has 0 aliphatic rings. The summed E-state index contributed by atoms with van der Waals surface area (Å²) in [5, 5.41) is 0. The van der Waals surface area contributed by atoms with Crippen LogP contribution < -0.4 is 4.74 Å². The first-order valence-electron chi connectivity index (χ1n) is 5.61. The largest absolute Gasteiger partial charge is 0.497 e. The van der Waals surface area contributed by atoms with Gasteiger partial charge in [-0.3, -0.25) is 4.79 Å². The van der Waals surface area contributed by atoms with Gasteiger partial charge in [0.1, 0.15) is 5.75 Å². The van der Waals surface area contributed by atoms with E-state index in [0.29, 0.717) is 17.7 Å². The lowest BCUT2D eigenvalue weighted by Gasteiger charge is -2.08. The second kappa shape index (κ2) is 5.45. The normalized spacial score (nSPS) is 10.1. The monoisotopic (exact) mass is 244 g/mol. The molecule has 0 atom stereocenters. The fourth-order valence-electron chi connectivity index (χ4n) is 1.84. The Morgan fingerprint density at radius 2 is 1.89 bits per heavy atom. The average molecular weight is 244 g/mol. The summed E-state index contributed by atoms with van der Waals surface area (Å²) < 4.78 is 18.0. The Morgan fingerprint density at radius 3 is 2.50 bits per heavy atom. The Balaban J connectivity index is 2.35. The van der Waals surface area contributed by atoms with Crippen molar-refractivity contribution < 1.29 is 13.9 Å². The molecule has 2 nitrogen and oxygen atoms in total. The molecule has 0 heterocycles. The average Bonchev–Trinajstić information content (AvgIpc) is 2.40. The second-order valence-electron chi connectivity index (χ2n) is 3.96. The number of hydrogen-bond acceptors (Lipinski definition) is 2. The lowest BCUT2D eigenvalue weighted by Crippen LogP contribution is -2.00. The summed E-state index contributed by atoms with van der Waals surface area (Å²) in [6, 6.07) is 13.1. The minimum absolute atomic E-state index is 0.0678. The molecule has 0 aliphatic carbocycles. The van der Waals surface area contributed by atoms with Gasteiger partial charge in [-0.15, -0.1) is 0 Å². The first-order chi connectivity index (χ1) is 8.70. The predicted molar refractivity (Wildman–Crippen MR) is 67.7 cm³/mol. The third kappa shape index (κ3) is 2.74. The molecule has 0 N–H and O–H groups in total. The Labute approximate surface area is 105 Å². The maximum absolute atomic E-state index is 13.0. The minimum Gasteiger partial charge on any atom is -0.497 e. The SMILES string of the molecule is COc1ccc(Cc2ccccc2)c(C(=O)F)c1. The molecule has 0 aliphatic heterocycles. The number of ether oxygens (including phenoxy) is 1. The van der Waals surface area contributed by atoms with E-state index in [0.717, 1.165) is 5.56 Å². The molecule has 2 aromatic carbocycles. The smallest absolute Gasteiger partial charge is 0.332 e. The topological polar surface area (TPSA) is 26.3 Å². The number of halogens is 1. The molecule has 0 radical (unpaired) electrons. The lowest BCUT2D eigenvalue weighted by atomic mass is 10.00. The highest BCUT2D eigenvalue weighted by Crippen LogP contribution is 2.21. The van der Waals surface area contributed by atoms with E-state index in [-0.39, 0.29) is 5.56 Å². The summed E-state index contributed by atoms with van der Waals surface area (Å²) in [5.74, 6) is 0.479. The van der Waals surface area contributed by atoms with Crippen LogP contribution in [0.25, 0.3) is 0 Å². The Hall–Kier alpha value is -2.16. The van der Waals surface area contributed by atoms with Crippen molar-refractivity contribution in [2.24, 2.45) is 0 Å². The molecule has 0 spiro atoms. The highest BCUT2D eigenvalue weighted by molar-refractivity contribution is 5.90. The molecule has 0 amide bonds. The van der Waals surface area contributed by atoms with Gasteiger partial charge >= 0.3 is 6.04 Å². The third-order valence-corrected chi connectivity index (χ3v) is 2.77. The molecule has 0 saturated carbocycles. The first kappa shape index (κ1) is 12.3. The van der Waals surface area contributed by atoms with Crippen LogP contribution in [0.5, 0.6) is 5.75 Å². The molecular formula is C15H13FO2. The second-order valence-corrected chi connectivity index (χ2v) is 3.96. The van der Waals surface area contributed by atoms with Crippen molar-refractivity contribution in [3.8, 4) is 5.75 Å². The molecule has 2 rings (SSSR count). The van der Waals surface area contributed by atoms with Gasteiger partial charge in [-0.05, 0) is 29.7 Å². The van der Waals surface area contributed by atoms with Crippen LogP contribution in [-0.4, -0.2) is 13.1 Å². The maximum atomic E-state index is 13.0. The summed E-state index contributed by atoms with van der Waals surface area (Å²) in [7, 11) is 1.48. The van der Waals surface area contributed by atoms with Gasteiger partial charge in [0, 0.05) is 0 Å². The zero-order valence-corrected chi connectivity index (χ0v) is 10.0. The fourth-order valence-corrected chi connectivity index (χ4v) is 1.84. The van der Waals surface area contributed by atoms with Crippen molar-refractivity contribution in [1.82, 2.24) is 0 Å². The zero-order chi connectivity index (χ0) is 13.0. The first-order valence-corrected chi connectivity index (χ1v) is 5.61. The van der Waals surface area contributed by atoms with Crippen molar-refractivity contribution >= 4 is 6.04 Å². The molecule has 0 bridgehead atoms. The van der Waals surface area contributed by atoms with E-state index in [1.165, 1.54) is 13.2 Å². The van der Waals surface area contributed by atoms with E-state index in [1.807, 2.05) is 30.3 Å². The molecule has 0 aromatic heterocycles. The number of rotatable bonds is 4. The number of methoxy groups -OCH3 is 1. The van der Waals surface area contributed by atoms with Crippen molar-refractivity contribution in [3.63, 3.8) is 0 Å². The zero-order valence-electron chi connectivity index (χ0n) is 10.0. The van der Waals surface area contributed by atoms with Crippen molar-refractivity contribution in [1.29, 1.82) is 0 Å². The number of hydrogen-bond donors (Lipinski definition) is 0. The summed E-state index contributed by atoms with van der Waals surface area (Å²) in [5.41, 5.74) is 1.76. The van der Waals surface area contributed by atoms with E-state index in [9.17, 15) is 9.18 Å². The molecule has 0 fully saturated rings. The minimum atomic E-state index is -1.43. The standard InChI is InChI=1S/C15H13FO2/c1-18-13-8-7-12(14(10-13)15(16)17)9-11-5-3-2-4-6-11/h2-8,10H,9H2,1H3. The quantitative estimate of drug-likeness (QED) is 0.770. The Morgan fingerprint density at radius 1 is 1.17 bits per heavy atom. The predicted octanol–water partition coefficient (Wildman–Crippen LogP) is 3.40. The maximum Gasteiger partial charge on any atom is 0.332 e. The van der Waals surface area contributed by atoms with Crippen LogP contribution in [0.1, 0.15) is 21.5 Å². The molecule has 0 saturated heterocycles. The van der Waals surface area contributed by atoms with Crippen LogP contribution in [0.4, 0.5) is 4.39 Å². The summed E-state index contributed by atoms with van der Waals surface area (Å²) >= 11 is 0. The van der Waals surface area contributed by atoms with Gasteiger partial charge in [0.2, 0.25) is 0 Å². The van der Waals surface area contributed by atoms with Gasteiger partial charge in [0.25, 0.3) is 0 Å². The lowest BCUT2D eigenvalue weighted by molar-refractivity contribution is 0.0834. The van der Waals surface area contributed by atoms with Crippen LogP contribution >= 0.6 is 0 Å². The van der Waals surface area contributed by atoms with Crippen LogP contribution in [0, 0.1) is 0 Å². The van der Waals surface area contributed by atoms with E-state index in [1.54, 1.807) is 12.1 Å².